The molecule has 0 bridgehead atoms. The van der Waals surface area contributed by atoms with Gasteiger partial charge in [-0.25, -0.2) is 4.79 Å². The Morgan fingerprint density at radius 3 is 2.59 bits per heavy atom. The second-order valence-corrected chi connectivity index (χ2v) is 6.60. The fourth-order valence-corrected chi connectivity index (χ4v) is 2.01. The fourth-order valence-electron chi connectivity index (χ4n) is 1.95. The Labute approximate surface area is 136 Å². The lowest BCUT2D eigenvalue weighted by Crippen LogP contribution is -2.33. The van der Waals surface area contributed by atoms with E-state index in [1.54, 1.807) is 6.92 Å². The van der Waals surface area contributed by atoms with Gasteiger partial charge in [0.2, 0.25) is 0 Å². The van der Waals surface area contributed by atoms with Crippen LogP contribution in [0.5, 0.6) is 0 Å². The molecule has 1 rings (SSSR count). The van der Waals surface area contributed by atoms with E-state index in [0.717, 1.165) is 12.8 Å². The van der Waals surface area contributed by atoms with Gasteiger partial charge >= 0.3 is 11.9 Å². The van der Waals surface area contributed by atoms with Gasteiger partial charge in [-0.15, -0.1) is 11.6 Å². The van der Waals surface area contributed by atoms with E-state index in [1.165, 1.54) is 0 Å². The van der Waals surface area contributed by atoms with Gasteiger partial charge in [0.15, 0.2) is 6.10 Å². The standard InChI is InChI=1S/C15H25ClO6/c1-11(16)13(17)21-9-8-19-6-4-5-7-20-12-14(18)22-10-15(12,2)3/h11-12H,4-10H2,1-3H3. The zero-order valence-corrected chi connectivity index (χ0v) is 14.2. The average molecular weight is 337 g/mol. The maximum Gasteiger partial charge on any atom is 0.335 e. The van der Waals surface area contributed by atoms with Crippen LogP contribution < -0.4 is 0 Å². The molecule has 1 aliphatic rings. The van der Waals surface area contributed by atoms with Crippen molar-refractivity contribution in [3.63, 3.8) is 0 Å². The maximum absolute atomic E-state index is 11.5. The van der Waals surface area contributed by atoms with Gasteiger partial charge in [0.25, 0.3) is 0 Å². The summed E-state index contributed by atoms with van der Waals surface area (Å²) in [6.07, 6.45) is 1.12. The third-order valence-electron chi connectivity index (χ3n) is 3.27. The normalized spacial score (nSPS) is 21.5. The second kappa shape index (κ2) is 9.33. The number of rotatable bonds is 10. The molecule has 0 N–H and O–H groups in total. The van der Waals surface area contributed by atoms with Gasteiger partial charge < -0.3 is 18.9 Å². The minimum atomic E-state index is -0.635. The summed E-state index contributed by atoms with van der Waals surface area (Å²) >= 11 is 5.55. The van der Waals surface area contributed by atoms with Crippen molar-refractivity contribution in [2.24, 2.45) is 5.41 Å². The number of ether oxygens (including phenoxy) is 4. The first kappa shape index (κ1) is 19.2. The average Bonchev–Trinajstić information content (AvgIpc) is 2.71. The summed E-state index contributed by atoms with van der Waals surface area (Å²) in [6, 6.07) is 0. The number of hydrogen-bond acceptors (Lipinski definition) is 6. The highest BCUT2D eigenvalue weighted by molar-refractivity contribution is 6.29. The number of hydrogen-bond donors (Lipinski definition) is 0. The summed E-state index contributed by atoms with van der Waals surface area (Å²) in [5.74, 6) is -0.721. The molecular weight excluding hydrogens is 312 g/mol. The molecule has 6 nitrogen and oxygen atoms in total. The van der Waals surface area contributed by atoms with Crippen molar-refractivity contribution in [2.75, 3.05) is 33.0 Å². The molecule has 1 saturated heterocycles. The van der Waals surface area contributed by atoms with Gasteiger partial charge in [0.1, 0.15) is 12.0 Å². The van der Waals surface area contributed by atoms with Gasteiger partial charge in [-0.3, -0.25) is 4.79 Å². The van der Waals surface area contributed by atoms with E-state index < -0.39 is 17.5 Å². The number of halogens is 1. The number of alkyl halides is 1. The van der Waals surface area contributed by atoms with E-state index in [9.17, 15) is 9.59 Å². The zero-order chi connectivity index (χ0) is 16.6. The Morgan fingerprint density at radius 1 is 1.32 bits per heavy atom. The predicted octanol–water partition coefficient (Wildman–Crippen LogP) is 1.92. The highest BCUT2D eigenvalue weighted by atomic mass is 35.5. The molecule has 128 valence electrons. The van der Waals surface area contributed by atoms with Crippen molar-refractivity contribution >= 4 is 23.5 Å². The molecule has 2 atom stereocenters. The van der Waals surface area contributed by atoms with Crippen LogP contribution >= 0.6 is 11.6 Å². The molecule has 7 heteroatoms. The minimum absolute atomic E-state index is 0.203. The largest absolute Gasteiger partial charge is 0.463 e. The molecule has 1 aliphatic heterocycles. The maximum atomic E-state index is 11.5. The zero-order valence-electron chi connectivity index (χ0n) is 13.4. The Balaban J connectivity index is 1.96. The second-order valence-electron chi connectivity index (χ2n) is 5.95. The van der Waals surface area contributed by atoms with Crippen molar-refractivity contribution in [2.45, 2.75) is 45.1 Å². The molecule has 1 heterocycles. The summed E-state index contributed by atoms with van der Waals surface area (Å²) in [5.41, 5.74) is -0.267. The van der Waals surface area contributed by atoms with Crippen LogP contribution in [0.25, 0.3) is 0 Å². The Kier molecular flexibility index (Phi) is 8.14. The van der Waals surface area contributed by atoms with E-state index in [2.05, 4.69) is 0 Å². The molecule has 0 radical (unpaired) electrons. The molecule has 0 aliphatic carbocycles. The summed E-state index contributed by atoms with van der Waals surface area (Å²) in [6.45, 7) is 7.46. The topological polar surface area (TPSA) is 71.1 Å². The van der Waals surface area contributed by atoms with E-state index in [1.807, 2.05) is 13.8 Å². The lowest BCUT2D eigenvalue weighted by atomic mass is 9.90. The smallest absolute Gasteiger partial charge is 0.335 e. The number of carbonyl (C=O) groups is 2. The highest BCUT2D eigenvalue weighted by Gasteiger charge is 2.44. The Hall–Kier alpha value is -0.850. The third kappa shape index (κ3) is 6.50. The van der Waals surface area contributed by atoms with Crippen LogP contribution in [0.3, 0.4) is 0 Å². The van der Waals surface area contributed by atoms with Crippen LogP contribution in [-0.4, -0.2) is 56.5 Å². The first-order chi connectivity index (χ1) is 10.3. The van der Waals surface area contributed by atoms with E-state index in [-0.39, 0.29) is 18.0 Å². The fraction of sp³-hybridized carbons (Fsp3) is 0.867. The van der Waals surface area contributed by atoms with Crippen LogP contribution in [0.2, 0.25) is 0 Å². The van der Waals surface area contributed by atoms with Crippen molar-refractivity contribution in [1.82, 2.24) is 0 Å². The van der Waals surface area contributed by atoms with Gasteiger partial charge in [-0.05, 0) is 19.8 Å². The van der Waals surface area contributed by atoms with E-state index in [4.69, 9.17) is 30.5 Å². The van der Waals surface area contributed by atoms with Crippen molar-refractivity contribution in [3.05, 3.63) is 0 Å². The third-order valence-corrected chi connectivity index (χ3v) is 3.45. The number of carbonyl (C=O) groups excluding carboxylic acids is 2. The molecular formula is C15H25ClO6. The SMILES string of the molecule is CC(Cl)C(=O)OCCOCCCCOC1C(=O)OCC1(C)C. The molecule has 22 heavy (non-hydrogen) atoms. The predicted molar refractivity (Wildman–Crippen MR) is 80.8 cm³/mol. The van der Waals surface area contributed by atoms with Gasteiger partial charge in [-0.2, -0.15) is 0 Å². The highest BCUT2D eigenvalue weighted by Crippen LogP contribution is 2.30. The van der Waals surface area contributed by atoms with Gasteiger partial charge in [0.05, 0.1) is 13.2 Å². The van der Waals surface area contributed by atoms with Crippen LogP contribution in [0, 0.1) is 5.41 Å². The Morgan fingerprint density at radius 2 is 2.00 bits per heavy atom. The molecule has 0 amide bonds. The van der Waals surface area contributed by atoms with E-state index >= 15 is 0 Å². The number of unbranched alkanes of at least 4 members (excludes halogenated alkanes) is 1. The summed E-state index contributed by atoms with van der Waals surface area (Å²) in [7, 11) is 0. The molecule has 2 unspecified atom stereocenters. The van der Waals surface area contributed by atoms with Gasteiger partial charge in [0, 0.05) is 18.6 Å². The molecule has 0 saturated carbocycles. The monoisotopic (exact) mass is 336 g/mol. The van der Waals surface area contributed by atoms with Crippen LogP contribution in [0.15, 0.2) is 0 Å². The summed E-state index contributed by atoms with van der Waals surface area (Å²) in [4.78, 5) is 22.6. The lowest BCUT2D eigenvalue weighted by Gasteiger charge is -2.21. The van der Waals surface area contributed by atoms with Crippen LogP contribution in [0.4, 0.5) is 0 Å². The molecule has 1 fully saturated rings. The van der Waals surface area contributed by atoms with Crippen molar-refractivity contribution in [3.8, 4) is 0 Å². The number of cyclic esters (lactones) is 1. The quantitative estimate of drug-likeness (QED) is 0.345. The molecule has 0 aromatic rings. The summed E-state index contributed by atoms with van der Waals surface area (Å²) < 4.78 is 20.8. The lowest BCUT2D eigenvalue weighted by molar-refractivity contribution is -0.148. The van der Waals surface area contributed by atoms with Crippen molar-refractivity contribution in [1.29, 1.82) is 0 Å². The van der Waals surface area contributed by atoms with Crippen molar-refractivity contribution < 1.29 is 28.5 Å². The first-order valence-electron chi connectivity index (χ1n) is 7.51. The van der Waals surface area contributed by atoms with Crippen LogP contribution in [-0.2, 0) is 28.5 Å². The number of esters is 2. The molecule has 0 aromatic heterocycles. The van der Waals surface area contributed by atoms with E-state index in [0.29, 0.717) is 26.4 Å². The molecule has 0 spiro atoms. The minimum Gasteiger partial charge on any atom is -0.463 e. The molecule has 0 aromatic carbocycles. The first-order valence-corrected chi connectivity index (χ1v) is 7.95. The summed E-state index contributed by atoms with van der Waals surface area (Å²) in [5, 5.41) is -0.635. The Bertz CT molecular complexity index is 369. The van der Waals surface area contributed by atoms with Gasteiger partial charge in [-0.1, -0.05) is 13.8 Å². The van der Waals surface area contributed by atoms with Crippen LogP contribution in [0.1, 0.15) is 33.6 Å².